The van der Waals surface area contributed by atoms with E-state index >= 15 is 0 Å². The van der Waals surface area contributed by atoms with Crippen LogP contribution in [0.1, 0.15) is 49.8 Å². The zero-order chi connectivity index (χ0) is 20.3. The first-order chi connectivity index (χ1) is 13.4. The van der Waals surface area contributed by atoms with Crippen LogP contribution in [0.3, 0.4) is 0 Å². The zero-order valence-corrected chi connectivity index (χ0v) is 16.9. The second-order valence-corrected chi connectivity index (χ2v) is 7.59. The molecule has 0 spiro atoms. The standard InChI is InChI=1S/C24H27NO3/c1-16(2)28-24(27)23-18(4)25(15-19-10-8-9-17(3)13-19)22(26)14-21(23)20-11-6-5-7-12-20/h5-13,16,21H,14-15H2,1-4H3. The van der Waals surface area contributed by atoms with Gasteiger partial charge in [-0.1, -0.05) is 60.2 Å². The summed E-state index contributed by atoms with van der Waals surface area (Å²) in [5.41, 5.74) is 4.40. The summed E-state index contributed by atoms with van der Waals surface area (Å²) in [5, 5.41) is 0. The Labute approximate surface area is 166 Å². The Bertz CT molecular complexity index is 899. The summed E-state index contributed by atoms with van der Waals surface area (Å²) in [6.45, 7) is 8.00. The average molecular weight is 377 g/mol. The Balaban J connectivity index is 2.02. The van der Waals surface area contributed by atoms with E-state index in [-0.39, 0.29) is 30.3 Å². The fraction of sp³-hybridized carbons (Fsp3) is 0.333. The molecule has 0 aromatic heterocycles. The van der Waals surface area contributed by atoms with Crippen LogP contribution in [0.5, 0.6) is 0 Å². The van der Waals surface area contributed by atoms with Crippen LogP contribution >= 0.6 is 0 Å². The van der Waals surface area contributed by atoms with Gasteiger partial charge in [-0.25, -0.2) is 4.79 Å². The number of amides is 1. The first-order valence-electron chi connectivity index (χ1n) is 9.69. The lowest BCUT2D eigenvalue weighted by Crippen LogP contribution is -2.38. The summed E-state index contributed by atoms with van der Waals surface area (Å²) in [6, 6.07) is 17.8. The first kappa shape index (κ1) is 19.9. The van der Waals surface area contributed by atoms with Crippen molar-refractivity contribution >= 4 is 11.9 Å². The molecule has 28 heavy (non-hydrogen) atoms. The molecule has 4 heteroatoms. The highest BCUT2D eigenvalue weighted by Gasteiger charge is 2.37. The quantitative estimate of drug-likeness (QED) is 0.707. The van der Waals surface area contributed by atoms with Gasteiger partial charge in [-0.2, -0.15) is 0 Å². The van der Waals surface area contributed by atoms with Crippen molar-refractivity contribution in [2.75, 3.05) is 0 Å². The highest BCUT2D eigenvalue weighted by atomic mass is 16.5. The van der Waals surface area contributed by atoms with Crippen LogP contribution in [-0.2, 0) is 20.9 Å². The van der Waals surface area contributed by atoms with Gasteiger partial charge in [-0.15, -0.1) is 0 Å². The molecule has 1 aliphatic heterocycles. The zero-order valence-electron chi connectivity index (χ0n) is 16.9. The van der Waals surface area contributed by atoms with E-state index in [1.807, 2.05) is 76.2 Å². The number of ether oxygens (including phenoxy) is 1. The molecule has 1 unspecified atom stereocenters. The highest BCUT2D eigenvalue weighted by Crippen LogP contribution is 2.37. The van der Waals surface area contributed by atoms with Crippen molar-refractivity contribution in [3.63, 3.8) is 0 Å². The monoisotopic (exact) mass is 377 g/mol. The minimum atomic E-state index is -0.344. The number of benzene rings is 2. The molecule has 1 aliphatic rings. The molecule has 1 atom stereocenters. The van der Waals surface area contributed by atoms with Crippen LogP contribution in [0.2, 0.25) is 0 Å². The van der Waals surface area contributed by atoms with Crippen LogP contribution in [-0.4, -0.2) is 22.9 Å². The number of nitrogens with zero attached hydrogens (tertiary/aromatic N) is 1. The third-order valence-electron chi connectivity index (χ3n) is 5.01. The van der Waals surface area contributed by atoms with Gasteiger partial charge >= 0.3 is 5.97 Å². The lowest BCUT2D eigenvalue weighted by molar-refractivity contribution is -0.143. The van der Waals surface area contributed by atoms with Crippen molar-refractivity contribution in [1.29, 1.82) is 0 Å². The molecule has 0 saturated carbocycles. The lowest BCUT2D eigenvalue weighted by Gasteiger charge is -2.35. The van der Waals surface area contributed by atoms with Crippen molar-refractivity contribution < 1.29 is 14.3 Å². The van der Waals surface area contributed by atoms with Crippen LogP contribution in [0, 0.1) is 6.92 Å². The molecule has 0 fully saturated rings. The first-order valence-corrected chi connectivity index (χ1v) is 9.69. The molecule has 1 heterocycles. The van der Waals surface area contributed by atoms with Gasteiger partial charge in [0.05, 0.1) is 18.2 Å². The molecule has 0 radical (unpaired) electrons. The number of esters is 1. The topological polar surface area (TPSA) is 46.6 Å². The van der Waals surface area contributed by atoms with Crippen molar-refractivity contribution in [1.82, 2.24) is 4.90 Å². The molecular formula is C24H27NO3. The molecule has 4 nitrogen and oxygen atoms in total. The summed E-state index contributed by atoms with van der Waals surface area (Å²) < 4.78 is 5.53. The van der Waals surface area contributed by atoms with E-state index < -0.39 is 0 Å². The number of aryl methyl sites for hydroxylation is 1. The molecular weight excluding hydrogens is 350 g/mol. The van der Waals surface area contributed by atoms with Gasteiger partial charge in [-0.3, -0.25) is 4.79 Å². The van der Waals surface area contributed by atoms with Crippen molar-refractivity contribution in [2.45, 2.75) is 52.7 Å². The largest absolute Gasteiger partial charge is 0.460 e. The maximum Gasteiger partial charge on any atom is 0.336 e. The molecule has 2 aromatic rings. The maximum atomic E-state index is 13.0. The summed E-state index contributed by atoms with van der Waals surface area (Å²) in [5.74, 6) is -0.606. The van der Waals surface area contributed by atoms with Crippen molar-refractivity contribution in [3.8, 4) is 0 Å². The van der Waals surface area contributed by atoms with Crippen LogP contribution < -0.4 is 0 Å². The Morgan fingerprint density at radius 3 is 2.46 bits per heavy atom. The SMILES string of the molecule is CC1=C(C(=O)OC(C)C)C(c2ccccc2)CC(=O)N1Cc1cccc(C)c1. The fourth-order valence-electron chi connectivity index (χ4n) is 3.71. The predicted molar refractivity (Wildman–Crippen MR) is 109 cm³/mol. The lowest BCUT2D eigenvalue weighted by atomic mass is 9.83. The number of carbonyl (C=O) groups excluding carboxylic acids is 2. The molecule has 0 N–H and O–H groups in total. The number of allylic oxidation sites excluding steroid dienone is 1. The van der Waals surface area contributed by atoms with E-state index in [1.165, 1.54) is 0 Å². The molecule has 3 rings (SSSR count). The van der Waals surface area contributed by atoms with Gasteiger partial charge in [0.2, 0.25) is 5.91 Å². The third-order valence-corrected chi connectivity index (χ3v) is 5.01. The normalized spacial score (nSPS) is 17.2. The van der Waals surface area contributed by atoms with E-state index in [0.717, 1.165) is 16.7 Å². The van der Waals surface area contributed by atoms with E-state index in [0.29, 0.717) is 17.8 Å². The number of carbonyl (C=O) groups is 2. The average Bonchev–Trinajstić information content (AvgIpc) is 2.64. The van der Waals surface area contributed by atoms with Crippen molar-refractivity contribution in [3.05, 3.63) is 82.6 Å². The Morgan fingerprint density at radius 1 is 1.11 bits per heavy atom. The summed E-state index contributed by atoms with van der Waals surface area (Å²) >= 11 is 0. The Morgan fingerprint density at radius 2 is 1.82 bits per heavy atom. The Hall–Kier alpha value is -2.88. The third kappa shape index (κ3) is 4.33. The van der Waals surface area contributed by atoms with E-state index in [2.05, 4.69) is 6.07 Å². The van der Waals surface area contributed by atoms with Gasteiger partial charge in [0.15, 0.2) is 0 Å². The fourth-order valence-corrected chi connectivity index (χ4v) is 3.71. The molecule has 0 saturated heterocycles. The maximum absolute atomic E-state index is 13.0. The minimum Gasteiger partial charge on any atom is -0.460 e. The number of rotatable bonds is 5. The Kier molecular flexibility index (Phi) is 5.98. The minimum absolute atomic E-state index is 0.0222. The summed E-state index contributed by atoms with van der Waals surface area (Å²) in [7, 11) is 0. The van der Waals surface area contributed by atoms with Gasteiger partial charge in [0, 0.05) is 18.0 Å². The van der Waals surface area contributed by atoms with Gasteiger partial charge < -0.3 is 9.64 Å². The van der Waals surface area contributed by atoms with Crippen LogP contribution in [0.25, 0.3) is 0 Å². The second-order valence-electron chi connectivity index (χ2n) is 7.59. The smallest absolute Gasteiger partial charge is 0.336 e. The van der Waals surface area contributed by atoms with Crippen LogP contribution in [0.15, 0.2) is 65.9 Å². The molecule has 2 aromatic carbocycles. The number of hydrogen-bond donors (Lipinski definition) is 0. The van der Waals surface area contributed by atoms with Crippen LogP contribution in [0.4, 0.5) is 0 Å². The summed E-state index contributed by atoms with van der Waals surface area (Å²) in [4.78, 5) is 27.7. The van der Waals surface area contributed by atoms with E-state index in [4.69, 9.17) is 4.74 Å². The highest BCUT2D eigenvalue weighted by molar-refractivity contribution is 5.96. The molecule has 1 amide bonds. The second kappa shape index (κ2) is 8.42. The van der Waals surface area contributed by atoms with E-state index in [9.17, 15) is 9.59 Å². The molecule has 0 aliphatic carbocycles. The molecule has 146 valence electrons. The van der Waals surface area contributed by atoms with Gasteiger partial charge in [0.25, 0.3) is 0 Å². The van der Waals surface area contributed by atoms with Gasteiger partial charge in [0.1, 0.15) is 0 Å². The number of hydrogen-bond acceptors (Lipinski definition) is 3. The van der Waals surface area contributed by atoms with Gasteiger partial charge in [-0.05, 0) is 38.8 Å². The van der Waals surface area contributed by atoms with Crippen molar-refractivity contribution in [2.24, 2.45) is 0 Å². The summed E-state index contributed by atoms with van der Waals surface area (Å²) in [6.07, 6.45) is 0.0439. The molecule has 0 bridgehead atoms. The predicted octanol–water partition coefficient (Wildman–Crippen LogP) is 4.74. The van der Waals surface area contributed by atoms with E-state index in [1.54, 1.807) is 4.90 Å².